The van der Waals surface area contributed by atoms with Gasteiger partial charge in [-0.25, -0.2) is 5.43 Å². The van der Waals surface area contributed by atoms with Gasteiger partial charge in [-0.1, -0.05) is 6.07 Å². The molecule has 8 nitrogen and oxygen atoms in total. The van der Waals surface area contributed by atoms with Gasteiger partial charge in [0.05, 0.1) is 19.9 Å². The van der Waals surface area contributed by atoms with E-state index in [1.54, 1.807) is 31.4 Å². The first kappa shape index (κ1) is 22.6. The van der Waals surface area contributed by atoms with E-state index in [1.807, 2.05) is 51.1 Å². The number of aromatic nitrogens is 1. The fraction of sp³-hybridized carbons (Fsp3) is 0.208. The largest absolute Gasteiger partial charge is 0.497 e. The van der Waals surface area contributed by atoms with E-state index < -0.39 is 11.8 Å². The molecule has 2 aromatic carbocycles. The predicted octanol–water partition coefficient (Wildman–Crippen LogP) is 3.59. The van der Waals surface area contributed by atoms with Crippen LogP contribution in [0.3, 0.4) is 0 Å². The molecule has 0 fully saturated rings. The molecule has 0 atom stereocenters. The molecule has 3 aromatic rings. The van der Waals surface area contributed by atoms with Gasteiger partial charge in [-0.3, -0.25) is 9.59 Å². The SMILES string of the molecule is CCOc1ccc(NC(=O)C(=O)N/N=C\c2cc(C)n(-c3cccc(OC)c3)c2C)cc1. The Bertz CT molecular complexity index is 1130. The zero-order valence-corrected chi connectivity index (χ0v) is 18.5. The number of rotatable bonds is 7. The minimum Gasteiger partial charge on any atom is -0.497 e. The third-order valence-electron chi connectivity index (χ3n) is 4.78. The van der Waals surface area contributed by atoms with E-state index >= 15 is 0 Å². The molecular weight excluding hydrogens is 408 g/mol. The van der Waals surface area contributed by atoms with E-state index in [1.165, 1.54) is 6.21 Å². The number of hydrogen-bond donors (Lipinski definition) is 2. The first-order valence-electron chi connectivity index (χ1n) is 10.1. The molecule has 8 heteroatoms. The Kier molecular flexibility index (Phi) is 7.28. The van der Waals surface area contributed by atoms with Crippen LogP contribution in [0.1, 0.15) is 23.9 Å². The summed E-state index contributed by atoms with van der Waals surface area (Å²) in [5.41, 5.74) is 6.45. The van der Waals surface area contributed by atoms with Gasteiger partial charge in [-0.05, 0) is 63.2 Å². The third-order valence-corrected chi connectivity index (χ3v) is 4.78. The average molecular weight is 434 g/mol. The lowest BCUT2D eigenvalue weighted by Gasteiger charge is -2.11. The van der Waals surface area contributed by atoms with E-state index in [0.717, 1.165) is 28.4 Å². The minimum absolute atomic E-state index is 0.486. The van der Waals surface area contributed by atoms with Crippen molar-refractivity contribution in [1.29, 1.82) is 0 Å². The van der Waals surface area contributed by atoms with Crippen molar-refractivity contribution >= 4 is 23.7 Å². The number of carbonyl (C=O) groups is 2. The lowest BCUT2D eigenvalue weighted by Crippen LogP contribution is -2.32. The molecule has 0 aliphatic carbocycles. The zero-order valence-electron chi connectivity index (χ0n) is 18.5. The molecule has 0 saturated carbocycles. The number of aryl methyl sites for hydroxylation is 1. The summed E-state index contributed by atoms with van der Waals surface area (Å²) in [4.78, 5) is 24.2. The van der Waals surface area contributed by atoms with Crippen LogP contribution in [-0.4, -0.2) is 36.3 Å². The molecule has 32 heavy (non-hydrogen) atoms. The van der Waals surface area contributed by atoms with Gasteiger partial charge in [0.25, 0.3) is 0 Å². The zero-order chi connectivity index (χ0) is 23.1. The summed E-state index contributed by atoms with van der Waals surface area (Å²) in [7, 11) is 1.63. The second-order valence-corrected chi connectivity index (χ2v) is 6.97. The number of hydrogen-bond acceptors (Lipinski definition) is 5. The average Bonchev–Trinajstić information content (AvgIpc) is 3.08. The summed E-state index contributed by atoms with van der Waals surface area (Å²) >= 11 is 0. The molecule has 0 unspecified atom stereocenters. The molecule has 1 heterocycles. The monoisotopic (exact) mass is 434 g/mol. The summed E-state index contributed by atoms with van der Waals surface area (Å²) in [6.45, 7) is 6.37. The number of methoxy groups -OCH3 is 1. The van der Waals surface area contributed by atoms with Crippen molar-refractivity contribution in [3.05, 3.63) is 71.5 Å². The Labute approximate surface area is 186 Å². The summed E-state index contributed by atoms with van der Waals surface area (Å²) < 4.78 is 12.7. The molecular formula is C24H26N4O4. The van der Waals surface area contributed by atoms with Gasteiger partial charge in [0, 0.05) is 34.4 Å². The lowest BCUT2D eigenvalue weighted by atomic mass is 10.2. The van der Waals surface area contributed by atoms with Gasteiger partial charge < -0.3 is 19.4 Å². The highest BCUT2D eigenvalue weighted by molar-refractivity contribution is 6.39. The smallest absolute Gasteiger partial charge is 0.329 e. The van der Waals surface area contributed by atoms with Crippen molar-refractivity contribution in [1.82, 2.24) is 9.99 Å². The first-order valence-corrected chi connectivity index (χ1v) is 10.1. The Balaban J connectivity index is 1.64. The van der Waals surface area contributed by atoms with Crippen molar-refractivity contribution in [3.8, 4) is 17.2 Å². The lowest BCUT2D eigenvalue weighted by molar-refractivity contribution is -0.136. The van der Waals surface area contributed by atoms with Crippen LogP contribution >= 0.6 is 0 Å². The van der Waals surface area contributed by atoms with E-state index in [0.29, 0.717) is 18.0 Å². The molecule has 0 aliphatic rings. The van der Waals surface area contributed by atoms with Gasteiger partial charge >= 0.3 is 11.8 Å². The van der Waals surface area contributed by atoms with Gasteiger partial charge in [-0.15, -0.1) is 0 Å². The topological polar surface area (TPSA) is 94.0 Å². The van der Waals surface area contributed by atoms with Crippen LogP contribution in [0.2, 0.25) is 0 Å². The summed E-state index contributed by atoms with van der Waals surface area (Å²) in [6, 6.07) is 16.4. The molecule has 2 amide bonds. The van der Waals surface area contributed by atoms with Gasteiger partial charge in [0.1, 0.15) is 11.5 Å². The van der Waals surface area contributed by atoms with Crippen LogP contribution in [0.4, 0.5) is 5.69 Å². The Morgan fingerprint density at radius 1 is 1.03 bits per heavy atom. The fourth-order valence-electron chi connectivity index (χ4n) is 3.27. The Hall–Kier alpha value is -4.07. The fourth-order valence-corrected chi connectivity index (χ4v) is 3.27. The highest BCUT2D eigenvalue weighted by Gasteiger charge is 2.14. The Morgan fingerprint density at radius 2 is 1.78 bits per heavy atom. The third kappa shape index (κ3) is 5.34. The van der Waals surface area contributed by atoms with Crippen molar-refractivity contribution in [3.63, 3.8) is 0 Å². The maximum Gasteiger partial charge on any atom is 0.329 e. The van der Waals surface area contributed by atoms with E-state index in [2.05, 4.69) is 20.4 Å². The molecule has 0 saturated heterocycles. The first-order chi connectivity index (χ1) is 15.4. The van der Waals surface area contributed by atoms with Gasteiger partial charge in [0.2, 0.25) is 0 Å². The number of anilines is 1. The Morgan fingerprint density at radius 3 is 2.47 bits per heavy atom. The van der Waals surface area contributed by atoms with E-state index in [4.69, 9.17) is 9.47 Å². The quantitative estimate of drug-likeness (QED) is 0.338. The van der Waals surface area contributed by atoms with Gasteiger partial charge in [-0.2, -0.15) is 5.10 Å². The van der Waals surface area contributed by atoms with Crippen LogP contribution in [0, 0.1) is 13.8 Å². The second-order valence-electron chi connectivity index (χ2n) is 6.97. The van der Waals surface area contributed by atoms with E-state index in [-0.39, 0.29) is 0 Å². The molecule has 0 spiro atoms. The highest BCUT2D eigenvalue weighted by Crippen LogP contribution is 2.23. The van der Waals surface area contributed by atoms with Crippen LogP contribution in [0.15, 0.2) is 59.7 Å². The molecule has 0 bridgehead atoms. The second kappa shape index (κ2) is 10.3. The maximum absolute atomic E-state index is 12.1. The standard InChI is InChI=1S/C24H26N4O4/c1-5-32-21-11-9-19(10-12-21)26-23(29)24(30)27-25-15-18-13-16(2)28(17(18)3)20-7-6-8-22(14-20)31-4/h6-15H,5H2,1-4H3,(H,26,29)(H,27,30)/b25-15-. The summed E-state index contributed by atoms with van der Waals surface area (Å²) in [5.74, 6) is -0.230. The number of carbonyl (C=O) groups excluding carboxylic acids is 2. The van der Waals surface area contributed by atoms with Crippen LogP contribution in [0.25, 0.3) is 5.69 Å². The van der Waals surface area contributed by atoms with Crippen molar-refractivity contribution < 1.29 is 19.1 Å². The summed E-state index contributed by atoms with van der Waals surface area (Å²) in [5, 5.41) is 6.46. The molecule has 166 valence electrons. The number of benzene rings is 2. The number of nitrogens with zero attached hydrogens (tertiary/aromatic N) is 2. The number of ether oxygens (including phenoxy) is 2. The molecule has 1 aromatic heterocycles. The number of nitrogens with one attached hydrogen (secondary N) is 2. The van der Waals surface area contributed by atoms with Crippen LogP contribution in [-0.2, 0) is 9.59 Å². The highest BCUT2D eigenvalue weighted by atomic mass is 16.5. The molecule has 0 aliphatic heterocycles. The van der Waals surface area contributed by atoms with Crippen molar-refractivity contribution in [2.45, 2.75) is 20.8 Å². The number of amides is 2. The maximum atomic E-state index is 12.1. The predicted molar refractivity (Wildman–Crippen MR) is 124 cm³/mol. The minimum atomic E-state index is -0.864. The normalized spacial score (nSPS) is 10.8. The number of hydrazone groups is 1. The molecule has 3 rings (SSSR count). The van der Waals surface area contributed by atoms with E-state index in [9.17, 15) is 9.59 Å². The molecule has 0 radical (unpaired) electrons. The van der Waals surface area contributed by atoms with Crippen molar-refractivity contribution in [2.24, 2.45) is 5.10 Å². The summed E-state index contributed by atoms with van der Waals surface area (Å²) in [6.07, 6.45) is 1.51. The van der Waals surface area contributed by atoms with Crippen LogP contribution in [0.5, 0.6) is 11.5 Å². The van der Waals surface area contributed by atoms with Crippen LogP contribution < -0.4 is 20.2 Å². The van der Waals surface area contributed by atoms with Crippen molar-refractivity contribution in [2.75, 3.05) is 19.0 Å². The van der Waals surface area contributed by atoms with Gasteiger partial charge in [0.15, 0.2) is 0 Å². The molecule has 2 N–H and O–H groups in total.